The maximum atomic E-state index is 12.8. The lowest BCUT2D eigenvalue weighted by Gasteiger charge is -2.29. The van der Waals surface area contributed by atoms with Crippen molar-refractivity contribution < 1.29 is 18.0 Å². The van der Waals surface area contributed by atoms with E-state index in [-0.39, 0.29) is 11.9 Å². The Kier molecular flexibility index (Phi) is 4.38. The van der Waals surface area contributed by atoms with E-state index >= 15 is 0 Å². The molecule has 2 saturated carbocycles. The third-order valence-electron chi connectivity index (χ3n) is 5.76. The summed E-state index contributed by atoms with van der Waals surface area (Å²) >= 11 is 0. The summed E-state index contributed by atoms with van der Waals surface area (Å²) in [4.78, 5) is 12.5. The standard InChI is InChI=1S/C17H24F3N3O/c1-9-6-15(17(18,19)20)22-23(9)11(3)16(24)21-10(2)14-8-12-4-5-13(14)7-12/h6,10-14H,4-5,7-8H2,1-3H3,(H,21,24)/t10-,11-,12-,13-,14+/m1/s1. The largest absolute Gasteiger partial charge is 0.435 e. The van der Waals surface area contributed by atoms with Gasteiger partial charge in [-0.05, 0) is 63.9 Å². The van der Waals surface area contributed by atoms with Crippen molar-refractivity contribution >= 4 is 5.91 Å². The first-order chi connectivity index (χ1) is 11.2. The number of hydrogen-bond donors (Lipinski definition) is 1. The van der Waals surface area contributed by atoms with Gasteiger partial charge in [0.2, 0.25) is 5.91 Å². The molecule has 1 aromatic rings. The van der Waals surface area contributed by atoms with Crippen LogP contribution in [0.15, 0.2) is 6.07 Å². The lowest BCUT2D eigenvalue weighted by atomic mass is 9.84. The summed E-state index contributed by atoms with van der Waals surface area (Å²) in [5.74, 6) is 1.69. The molecule has 1 amide bonds. The fourth-order valence-corrected chi connectivity index (χ4v) is 4.49. The molecule has 0 aliphatic heterocycles. The van der Waals surface area contributed by atoms with Gasteiger partial charge in [-0.25, -0.2) is 0 Å². The highest BCUT2D eigenvalue weighted by atomic mass is 19.4. The SMILES string of the molecule is Cc1cc(C(F)(F)F)nn1[C@H](C)C(=O)N[C@H](C)[C@@H]1C[C@@H]2CC[C@@H]1C2. The Labute approximate surface area is 139 Å². The van der Waals surface area contributed by atoms with Crippen LogP contribution in [0.5, 0.6) is 0 Å². The summed E-state index contributed by atoms with van der Waals surface area (Å²) in [5.41, 5.74) is -0.627. The first-order valence-corrected chi connectivity index (χ1v) is 8.60. The van der Waals surface area contributed by atoms with E-state index in [0.29, 0.717) is 17.5 Å². The van der Waals surface area contributed by atoms with Gasteiger partial charge in [0.05, 0.1) is 0 Å². The van der Waals surface area contributed by atoms with Crippen LogP contribution < -0.4 is 5.32 Å². The molecule has 1 aromatic heterocycles. The number of halogens is 3. The summed E-state index contributed by atoms with van der Waals surface area (Å²) in [6.45, 7) is 5.13. The number of amides is 1. The summed E-state index contributed by atoms with van der Waals surface area (Å²) in [6, 6.07) is 0.263. The quantitative estimate of drug-likeness (QED) is 0.906. The minimum absolute atomic E-state index is 0.0493. The molecule has 24 heavy (non-hydrogen) atoms. The molecule has 4 nitrogen and oxygen atoms in total. The van der Waals surface area contributed by atoms with Crippen LogP contribution in [-0.2, 0) is 11.0 Å². The third-order valence-corrected chi connectivity index (χ3v) is 5.76. The van der Waals surface area contributed by atoms with Crippen molar-refractivity contribution in [3.8, 4) is 0 Å². The lowest BCUT2D eigenvalue weighted by Crippen LogP contribution is -2.43. The number of rotatable bonds is 4. The van der Waals surface area contributed by atoms with Gasteiger partial charge in [0.1, 0.15) is 6.04 Å². The summed E-state index contributed by atoms with van der Waals surface area (Å²) in [5, 5.41) is 6.57. The zero-order valence-corrected chi connectivity index (χ0v) is 14.2. The van der Waals surface area contributed by atoms with Crippen molar-refractivity contribution in [2.45, 2.75) is 64.7 Å². The number of carbonyl (C=O) groups is 1. The van der Waals surface area contributed by atoms with Gasteiger partial charge in [-0.2, -0.15) is 18.3 Å². The molecule has 2 aliphatic carbocycles. The minimum atomic E-state index is -4.50. The molecule has 3 rings (SSSR count). The van der Waals surface area contributed by atoms with Crippen LogP contribution in [0.25, 0.3) is 0 Å². The Morgan fingerprint density at radius 3 is 2.54 bits per heavy atom. The summed E-state index contributed by atoms with van der Waals surface area (Å²) < 4.78 is 39.5. The molecule has 0 spiro atoms. The molecule has 0 radical (unpaired) electrons. The maximum absolute atomic E-state index is 12.8. The van der Waals surface area contributed by atoms with Crippen molar-refractivity contribution in [2.75, 3.05) is 0 Å². The van der Waals surface area contributed by atoms with Gasteiger partial charge in [0, 0.05) is 11.7 Å². The van der Waals surface area contributed by atoms with E-state index in [0.717, 1.165) is 23.1 Å². The molecule has 2 aliphatic rings. The van der Waals surface area contributed by atoms with E-state index in [2.05, 4.69) is 10.4 Å². The lowest BCUT2D eigenvalue weighted by molar-refractivity contribution is -0.142. The van der Waals surface area contributed by atoms with Gasteiger partial charge in [-0.15, -0.1) is 0 Å². The fraction of sp³-hybridized carbons (Fsp3) is 0.765. The monoisotopic (exact) mass is 343 g/mol. The number of fused-ring (bicyclic) bond motifs is 2. The van der Waals surface area contributed by atoms with E-state index in [1.807, 2.05) is 6.92 Å². The van der Waals surface area contributed by atoms with Crippen LogP contribution in [0.1, 0.15) is 57.0 Å². The van der Waals surface area contributed by atoms with Gasteiger partial charge >= 0.3 is 6.18 Å². The van der Waals surface area contributed by atoms with Gasteiger partial charge in [0.15, 0.2) is 5.69 Å². The second-order valence-corrected chi connectivity index (χ2v) is 7.43. The van der Waals surface area contributed by atoms with Gasteiger partial charge < -0.3 is 5.32 Å². The van der Waals surface area contributed by atoms with E-state index in [1.54, 1.807) is 6.92 Å². The predicted octanol–water partition coefficient (Wildman–Crippen LogP) is 3.71. The Bertz CT molecular complexity index is 625. The van der Waals surface area contributed by atoms with Crippen molar-refractivity contribution in [1.82, 2.24) is 15.1 Å². The molecule has 134 valence electrons. The van der Waals surface area contributed by atoms with Crippen LogP contribution in [0.3, 0.4) is 0 Å². The van der Waals surface area contributed by atoms with Gasteiger partial charge in [-0.1, -0.05) is 6.42 Å². The van der Waals surface area contributed by atoms with Crippen LogP contribution in [0.4, 0.5) is 13.2 Å². The van der Waals surface area contributed by atoms with Crippen molar-refractivity contribution in [3.63, 3.8) is 0 Å². The molecular formula is C17H24F3N3O. The smallest absolute Gasteiger partial charge is 0.352 e. The normalized spacial score (nSPS) is 28.8. The second kappa shape index (κ2) is 6.08. The molecule has 1 N–H and O–H groups in total. The molecule has 1 heterocycles. The van der Waals surface area contributed by atoms with Crippen LogP contribution in [-0.4, -0.2) is 21.7 Å². The molecule has 0 unspecified atom stereocenters. The van der Waals surface area contributed by atoms with E-state index in [4.69, 9.17) is 0 Å². The Hall–Kier alpha value is -1.53. The molecule has 7 heteroatoms. The summed E-state index contributed by atoms with van der Waals surface area (Å²) in [6.07, 6.45) is 0.443. The Morgan fingerprint density at radius 1 is 1.33 bits per heavy atom. The Balaban J connectivity index is 1.65. The van der Waals surface area contributed by atoms with Crippen LogP contribution in [0.2, 0.25) is 0 Å². The van der Waals surface area contributed by atoms with Crippen molar-refractivity contribution in [1.29, 1.82) is 0 Å². The van der Waals surface area contributed by atoms with Crippen LogP contribution >= 0.6 is 0 Å². The van der Waals surface area contributed by atoms with Gasteiger partial charge in [0.25, 0.3) is 0 Å². The number of nitrogens with one attached hydrogen (secondary N) is 1. The number of alkyl halides is 3. The molecule has 0 saturated heterocycles. The van der Waals surface area contributed by atoms with E-state index in [1.165, 1.54) is 26.2 Å². The highest BCUT2D eigenvalue weighted by Gasteiger charge is 2.42. The van der Waals surface area contributed by atoms with Crippen molar-refractivity contribution in [2.24, 2.45) is 17.8 Å². The second-order valence-electron chi connectivity index (χ2n) is 7.43. The number of carbonyl (C=O) groups excluding carboxylic acids is 1. The highest BCUT2D eigenvalue weighted by molar-refractivity contribution is 5.80. The number of hydrogen-bond acceptors (Lipinski definition) is 2. The third kappa shape index (κ3) is 3.17. The molecular weight excluding hydrogens is 319 g/mol. The summed E-state index contributed by atoms with van der Waals surface area (Å²) in [7, 11) is 0. The molecule has 2 bridgehead atoms. The molecule has 2 fully saturated rings. The topological polar surface area (TPSA) is 46.9 Å². The average molecular weight is 343 g/mol. The Morgan fingerprint density at radius 2 is 2.04 bits per heavy atom. The maximum Gasteiger partial charge on any atom is 0.435 e. The first kappa shape index (κ1) is 17.3. The predicted molar refractivity (Wildman–Crippen MR) is 83.2 cm³/mol. The van der Waals surface area contributed by atoms with Gasteiger partial charge in [-0.3, -0.25) is 9.48 Å². The van der Waals surface area contributed by atoms with Crippen LogP contribution in [0, 0.1) is 24.7 Å². The highest BCUT2D eigenvalue weighted by Crippen LogP contribution is 2.49. The molecule has 0 aromatic carbocycles. The fourth-order valence-electron chi connectivity index (χ4n) is 4.49. The number of aryl methyl sites for hydroxylation is 1. The van der Waals surface area contributed by atoms with E-state index in [9.17, 15) is 18.0 Å². The first-order valence-electron chi connectivity index (χ1n) is 8.60. The van der Waals surface area contributed by atoms with E-state index < -0.39 is 17.9 Å². The zero-order chi connectivity index (χ0) is 17.6. The average Bonchev–Trinajstić information content (AvgIpc) is 3.20. The number of nitrogens with zero attached hydrogens (tertiary/aromatic N) is 2. The minimum Gasteiger partial charge on any atom is -0.352 e. The van der Waals surface area contributed by atoms with Crippen molar-refractivity contribution in [3.05, 3.63) is 17.5 Å². The zero-order valence-electron chi connectivity index (χ0n) is 14.2. The number of aromatic nitrogens is 2. The molecule has 5 atom stereocenters.